The summed E-state index contributed by atoms with van der Waals surface area (Å²) in [6.45, 7) is 0. The zero-order chi connectivity index (χ0) is 16.2. The van der Waals surface area contributed by atoms with E-state index in [0.717, 1.165) is 11.4 Å². The molecule has 0 atom stereocenters. The zero-order valence-corrected chi connectivity index (χ0v) is 13.0. The Balaban J connectivity index is 1.96. The number of carbonyl (C=O) groups excluding carboxylic acids is 1. The van der Waals surface area contributed by atoms with Crippen molar-refractivity contribution in [1.82, 2.24) is 9.78 Å². The average Bonchev–Trinajstić information content (AvgIpc) is 3.06. The molecule has 5 nitrogen and oxygen atoms in total. The molecular formula is C18H17N3O2. The van der Waals surface area contributed by atoms with Crippen molar-refractivity contribution < 1.29 is 9.53 Å². The topological polar surface area (TPSA) is 47.4 Å². The number of aromatic nitrogens is 2. The summed E-state index contributed by atoms with van der Waals surface area (Å²) in [6.07, 6.45) is 1.71. The minimum atomic E-state index is -0.220. The van der Waals surface area contributed by atoms with Gasteiger partial charge in [-0.2, -0.15) is 5.10 Å². The fourth-order valence-corrected chi connectivity index (χ4v) is 2.30. The van der Waals surface area contributed by atoms with E-state index in [1.807, 2.05) is 60.7 Å². The number of hydrogen-bond donors (Lipinski definition) is 0. The minimum Gasteiger partial charge on any atom is -0.493 e. The van der Waals surface area contributed by atoms with E-state index in [-0.39, 0.29) is 11.6 Å². The van der Waals surface area contributed by atoms with E-state index in [9.17, 15) is 4.79 Å². The quantitative estimate of drug-likeness (QED) is 0.744. The first-order chi connectivity index (χ1) is 11.2. The lowest BCUT2D eigenvalue weighted by Gasteiger charge is -2.16. The minimum absolute atomic E-state index is 0.220. The Hall–Kier alpha value is -3.08. The summed E-state index contributed by atoms with van der Waals surface area (Å²) in [5.74, 6) is 0.226. The molecule has 5 heteroatoms. The molecule has 3 aromatic rings. The van der Waals surface area contributed by atoms with Crippen molar-refractivity contribution in [2.24, 2.45) is 0 Å². The molecule has 0 saturated heterocycles. The molecule has 0 fully saturated rings. The highest BCUT2D eigenvalue weighted by Crippen LogP contribution is 2.23. The second-order valence-electron chi connectivity index (χ2n) is 5.03. The largest absolute Gasteiger partial charge is 0.493 e. The summed E-state index contributed by atoms with van der Waals surface area (Å²) in [5.41, 5.74) is 1.95. The van der Waals surface area contributed by atoms with Crippen LogP contribution in [-0.2, 0) is 0 Å². The molecule has 0 bridgehead atoms. The lowest BCUT2D eigenvalue weighted by Crippen LogP contribution is -2.27. The van der Waals surface area contributed by atoms with E-state index in [4.69, 9.17) is 4.74 Å². The van der Waals surface area contributed by atoms with Crippen LogP contribution in [0.25, 0.3) is 5.69 Å². The highest BCUT2D eigenvalue weighted by Gasteiger charge is 2.22. The first kappa shape index (κ1) is 14.8. The van der Waals surface area contributed by atoms with E-state index >= 15 is 0 Å². The molecule has 0 aliphatic heterocycles. The van der Waals surface area contributed by atoms with Crippen molar-refractivity contribution in [3.8, 4) is 11.4 Å². The van der Waals surface area contributed by atoms with Crippen LogP contribution in [-0.4, -0.2) is 29.8 Å². The van der Waals surface area contributed by atoms with Crippen molar-refractivity contribution in [3.63, 3.8) is 0 Å². The van der Waals surface area contributed by atoms with Gasteiger partial charge >= 0.3 is 0 Å². The Labute approximate surface area is 134 Å². The van der Waals surface area contributed by atoms with Crippen LogP contribution < -0.4 is 9.64 Å². The fourth-order valence-electron chi connectivity index (χ4n) is 2.30. The van der Waals surface area contributed by atoms with Crippen molar-refractivity contribution >= 4 is 11.6 Å². The third-order valence-corrected chi connectivity index (χ3v) is 3.57. The van der Waals surface area contributed by atoms with Crippen molar-refractivity contribution in [3.05, 3.63) is 72.6 Å². The maximum absolute atomic E-state index is 12.7. The summed E-state index contributed by atoms with van der Waals surface area (Å²) in [5, 5.41) is 4.40. The summed E-state index contributed by atoms with van der Waals surface area (Å²) in [7, 11) is 3.25. The summed E-state index contributed by atoms with van der Waals surface area (Å²) in [4.78, 5) is 14.3. The molecule has 3 rings (SSSR count). The molecule has 1 heterocycles. The molecule has 0 N–H and O–H groups in total. The average molecular weight is 307 g/mol. The third kappa shape index (κ3) is 2.94. The van der Waals surface area contributed by atoms with Crippen LogP contribution in [0.4, 0.5) is 5.69 Å². The van der Waals surface area contributed by atoms with E-state index in [0.29, 0.717) is 5.75 Å². The number of methoxy groups -OCH3 is 1. The van der Waals surface area contributed by atoms with E-state index in [2.05, 4.69) is 5.10 Å². The number of hydrogen-bond acceptors (Lipinski definition) is 3. The van der Waals surface area contributed by atoms with Crippen LogP contribution in [0.1, 0.15) is 10.5 Å². The molecular weight excluding hydrogens is 290 g/mol. The predicted octanol–water partition coefficient (Wildman–Crippen LogP) is 3.16. The number of ether oxygens (including phenoxy) is 1. The first-order valence-corrected chi connectivity index (χ1v) is 7.23. The van der Waals surface area contributed by atoms with Gasteiger partial charge < -0.3 is 9.64 Å². The molecule has 2 aromatic carbocycles. The Morgan fingerprint density at radius 3 is 2.26 bits per heavy atom. The molecule has 0 aliphatic carbocycles. The standard InChI is InChI=1S/C18H17N3O2/c1-20(14-9-5-3-6-10-14)18(22)17-16(23-2)13-21(19-17)15-11-7-4-8-12-15/h3-13H,1-2H3. The van der Waals surface area contributed by atoms with E-state index < -0.39 is 0 Å². The van der Waals surface area contributed by atoms with Crippen LogP contribution in [0, 0.1) is 0 Å². The zero-order valence-electron chi connectivity index (χ0n) is 13.0. The molecule has 1 amide bonds. The number of benzene rings is 2. The predicted molar refractivity (Wildman–Crippen MR) is 89.3 cm³/mol. The van der Waals surface area contributed by atoms with Gasteiger partial charge in [-0.05, 0) is 24.3 Å². The molecule has 1 aromatic heterocycles. The van der Waals surface area contributed by atoms with Gasteiger partial charge in [0.05, 0.1) is 19.0 Å². The van der Waals surface area contributed by atoms with Gasteiger partial charge in [-0.1, -0.05) is 36.4 Å². The highest BCUT2D eigenvalue weighted by atomic mass is 16.5. The number of para-hydroxylation sites is 2. The van der Waals surface area contributed by atoms with E-state index in [1.165, 1.54) is 7.11 Å². The fraction of sp³-hybridized carbons (Fsp3) is 0.111. The Morgan fingerprint density at radius 1 is 1.04 bits per heavy atom. The highest BCUT2D eigenvalue weighted by molar-refractivity contribution is 6.06. The van der Waals surface area contributed by atoms with Crippen LogP contribution in [0.5, 0.6) is 5.75 Å². The number of carbonyl (C=O) groups is 1. The second-order valence-corrected chi connectivity index (χ2v) is 5.03. The van der Waals surface area contributed by atoms with Crippen LogP contribution in [0.15, 0.2) is 66.9 Å². The van der Waals surface area contributed by atoms with Crippen molar-refractivity contribution in [2.45, 2.75) is 0 Å². The number of nitrogens with zero attached hydrogens (tertiary/aromatic N) is 3. The number of anilines is 1. The number of rotatable bonds is 4. The van der Waals surface area contributed by atoms with E-state index in [1.54, 1.807) is 22.8 Å². The van der Waals surface area contributed by atoms with Crippen molar-refractivity contribution in [2.75, 3.05) is 19.1 Å². The Kier molecular flexibility index (Phi) is 4.10. The maximum Gasteiger partial charge on any atom is 0.282 e. The molecule has 0 saturated carbocycles. The van der Waals surface area contributed by atoms with Gasteiger partial charge in [-0.15, -0.1) is 0 Å². The first-order valence-electron chi connectivity index (χ1n) is 7.23. The third-order valence-electron chi connectivity index (χ3n) is 3.57. The van der Waals surface area contributed by atoms with Crippen LogP contribution in [0.3, 0.4) is 0 Å². The van der Waals surface area contributed by atoms with Gasteiger partial charge in [0.2, 0.25) is 0 Å². The number of amides is 1. The molecule has 116 valence electrons. The molecule has 0 radical (unpaired) electrons. The smallest absolute Gasteiger partial charge is 0.282 e. The molecule has 0 unspecified atom stereocenters. The van der Waals surface area contributed by atoms with Gasteiger partial charge in [0.25, 0.3) is 5.91 Å². The maximum atomic E-state index is 12.7. The van der Waals surface area contributed by atoms with Gasteiger partial charge in [0.15, 0.2) is 11.4 Å². The second kappa shape index (κ2) is 6.36. The van der Waals surface area contributed by atoms with Gasteiger partial charge in [0.1, 0.15) is 0 Å². The SMILES string of the molecule is COc1cn(-c2ccccc2)nc1C(=O)N(C)c1ccccc1. The summed E-state index contributed by atoms with van der Waals surface area (Å²) < 4.78 is 6.97. The lowest BCUT2D eigenvalue weighted by molar-refractivity contribution is 0.0985. The molecule has 0 aliphatic rings. The molecule has 0 spiro atoms. The van der Waals surface area contributed by atoms with Gasteiger partial charge in [-0.3, -0.25) is 4.79 Å². The lowest BCUT2D eigenvalue weighted by atomic mass is 10.2. The van der Waals surface area contributed by atoms with Crippen molar-refractivity contribution in [1.29, 1.82) is 0 Å². The summed E-state index contributed by atoms with van der Waals surface area (Å²) in [6, 6.07) is 19.0. The van der Waals surface area contributed by atoms with Crippen LogP contribution in [0.2, 0.25) is 0 Å². The Morgan fingerprint density at radius 2 is 1.65 bits per heavy atom. The normalized spacial score (nSPS) is 10.3. The summed E-state index contributed by atoms with van der Waals surface area (Å²) >= 11 is 0. The Bertz CT molecular complexity index is 798. The molecule has 23 heavy (non-hydrogen) atoms. The monoisotopic (exact) mass is 307 g/mol. The van der Waals surface area contributed by atoms with Gasteiger partial charge in [0, 0.05) is 12.7 Å². The van der Waals surface area contributed by atoms with Crippen LogP contribution >= 0.6 is 0 Å². The van der Waals surface area contributed by atoms with Gasteiger partial charge in [-0.25, -0.2) is 4.68 Å².